The molecule has 10 N–H and O–H groups in total. The van der Waals surface area contributed by atoms with Gasteiger partial charge in [0.2, 0.25) is 23.6 Å². The number of carbonyl (C=O) groups excluding carboxylic acids is 7. The number of benzene rings is 5. The first kappa shape index (κ1) is 92.4. The molecular formula is C90H100ClF2N17O7S4Si. The minimum absolute atomic E-state index is 0.0273. The molecule has 0 spiro atoms. The average Bonchev–Trinajstić information content (AvgIpc) is 1.33. The van der Waals surface area contributed by atoms with E-state index >= 15 is 0 Å². The number of nitrogens with one attached hydrogen (secondary N) is 10. The number of hydrogen-bond donors (Lipinski definition) is 10. The maximum absolute atomic E-state index is 14.2. The first-order valence-corrected chi connectivity index (χ1v) is 46.7. The van der Waals surface area contributed by atoms with Crippen molar-refractivity contribution in [2.45, 2.75) is 169 Å². The van der Waals surface area contributed by atoms with Crippen LogP contribution in [0.1, 0.15) is 145 Å². The van der Waals surface area contributed by atoms with Gasteiger partial charge in [-0.3, -0.25) is 35.1 Å². The second-order valence-electron chi connectivity index (χ2n) is 32.0. The molecule has 0 unspecified atom stereocenters. The van der Waals surface area contributed by atoms with Crippen molar-refractivity contribution in [1.29, 1.82) is 0 Å². The number of pyridine rings is 3. The lowest BCUT2D eigenvalue weighted by Gasteiger charge is -2.20. The number of carbonyl (C=O) groups is 7. The molecule has 7 heterocycles. The Hall–Kier alpha value is -11.9. The number of halogens is 3. The monoisotopic (exact) mass is 1760 g/mol. The molecule has 0 atom stereocenters. The van der Waals surface area contributed by atoms with Crippen molar-refractivity contribution in [3.05, 3.63) is 270 Å². The fourth-order valence-corrected chi connectivity index (χ4v) is 16.6. The molecule has 12 aromatic rings. The van der Waals surface area contributed by atoms with Gasteiger partial charge in [-0.05, 0) is 198 Å². The van der Waals surface area contributed by atoms with Gasteiger partial charge >= 0.3 is 18.1 Å². The van der Waals surface area contributed by atoms with Crippen LogP contribution in [0.2, 0.25) is 24.7 Å². The van der Waals surface area contributed by atoms with E-state index in [0.717, 1.165) is 122 Å². The highest BCUT2D eigenvalue weighted by atomic mass is 35.5. The number of thiazole rings is 4. The Morgan fingerprint density at radius 3 is 1.20 bits per heavy atom. The SMILES string of the molecule is CC(=O)Nc1cc(CCc2cnc(NC(=O)Cc3cccc(C(C)(C)C)c3)s2)ccn1.CC(=O)Nc1cc(CCc2cnc(NC(=O)Nc3cc(C4CC4)ccc3F)s2)ccn1.CC(=O)Nc1cc(CCc2cnc(NC(=O)Nc3cc([Si](C)(C)C)ccc3F)s2)ccn1.CC(C)(C)c1ccc(Cl)c(NC(=O)Nc2ncc(CCc3ccccc3)s2)c1. The number of urea groups is 3. The predicted octanol–water partition coefficient (Wildman–Crippen LogP) is 20.8. The van der Waals surface area contributed by atoms with E-state index in [9.17, 15) is 42.3 Å². The molecule has 0 bridgehead atoms. The first-order chi connectivity index (χ1) is 58.0. The molecule has 1 saturated carbocycles. The summed E-state index contributed by atoms with van der Waals surface area (Å²) < 4.78 is 28.2. The molecule has 636 valence electrons. The summed E-state index contributed by atoms with van der Waals surface area (Å²) in [6, 6.07) is 43.8. The van der Waals surface area contributed by atoms with Crippen LogP contribution in [0.5, 0.6) is 0 Å². The molecule has 1 aliphatic rings. The third-order valence-electron chi connectivity index (χ3n) is 18.6. The van der Waals surface area contributed by atoms with Gasteiger partial charge < -0.3 is 37.2 Å². The Morgan fingerprint density at radius 2 is 0.787 bits per heavy atom. The summed E-state index contributed by atoms with van der Waals surface area (Å²) in [6.07, 6.45) is 20.9. The van der Waals surface area contributed by atoms with Crippen LogP contribution >= 0.6 is 56.9 Å². The zero-order valence-electron chi connectivity index (χ0n) is 70.0. The van der Waals surface area contributed by atoms with Crippen LogP contribution in [-0.4, -0.2) is 84.7 Å². The largest absolute Gasteiger partial charge is 0.325 e. The number of aromatic nitrogens is 7. The normalized spacial score (nSPS) is 11.7. The third kappa shape index (κ3) is 31.0. The van der Waals surface area contributed by atoms with Crippen LogP contribution in [0.25, 0.3) is 0 Å². The van der Waals surface area contributed by atoms with Crippen molar-refractivity contribution in [3.63, 3.8) is 0 Å². The zero-order valence-corrected chi connectivity index (χ0v) is 75.0. The Kier molecular flexibility index (Phi) is 33.0. The molecule has 1 aliphatic carbocycles. The molecule has 5 aromatic carbocycles. The van der Waals surface area contributed by atoms with E-state index in [1.54, 1.807) is 61.4 Å². The summed E-state index contributed by atoms with van der Waals surface area (Å²) >= 11 is 11.9. The smallest absolute Gasteiger partial charge is 0.311 e. The van der Waals surface area contributed by atoms with Crippen LogP contribution in [0, 0.1) is 11.6 Å². The van der Waals surface area contributed by atoms with Crippen LogP contribution in [-0.2, 0) is 87.8 Å². The van der Waals surface area contributed by atoms with E-state index in [2.05, 4.69) is 174 Å². The van der Waals surface area contributed by atoms with Gasteiger partial charge in [0.05, 0.1) is 36.6 Å². The van der Waals surface area contributed by atoms with E-state index in [0.29, 0.717) is 61.0 Å². The van der Waals surface area contributed by atoms with Crippen LogP contribution < -0.4 is 58.4 Å². The number of aryl methyl sites for hydroxylation is 8. The average molecular weight is 1760 g/mol. The second-order valence-corrected chi connectivity index (χ2v) is 42.0. The maximum Gasteiger partial charge on any atom is 0.325 e. The number of amides is 10. The van der Waals surface area contributed by atoms with Gasteiger partial charge in [-0.1, -0.05) is 151 Å². The van der Waals surface area contributed by atoms with Crippen molar-refractivity contribution in [3.8, 4) is 0 Å². The summed E-state index contributed by atoms with van der Waals surface area (Å²) in [5.74, 6) is 0.582. The van der Waals surface area contributed by atoms with Crippen molar-refractivity contribution in [2.75, 3.05) is 53.2 Å². The number of nitrogens with zero attached hydrogens (tertiary/aromatic N) is 7. The first-order valence-electron chi connectivity index (χ1n) is 39.6. The molecule has 24 nitrogen and oxygen atoms in total. The van der Waals surface area contributed by atoms with E-state index < -0.39 is 31.8 Å². The molecular weight excluding hydrogens is 1660 g/mol. The predicted molar refractivity (Wildman–Crippen MR) is 493 cm³/mol. The maximum atomic E-state index is 14.2. The Bertz CT molecular complexity index is 5630. The third-order valence-corrected chi connectivity index (χ3v) is 24.9. The molecule has 122 heavy (non-hydrogen) atoms. The lowest BCUT2D eigenvalue weighted by Crippen LogP contribution is -2.38. The molecule has 0 aliphatic heterocycles. The van der Waals surface area contributed by atoms with Crippen molar-refractivity contribution < 1.29 is 42.3 Å². The van der Waals surface area contributed by atoms with E-state index in [1.165, 1.54) is 89.4 Å². The summed E-state index contributed by atoms with van der Waals surface area (Å²) in [5, 5.41) is 30.7. The summed E-state index contributed by atoms with van der Waals surface area (Å²) in [6.45, 7) is 23.7. The molecule has 1 fully saturated rings. The van der Waals surface area contributed by atoms with Gasteiger partial charge in [0.15, 0.2) is 20.5 Å². The van der Waals surface area contributed by atoms with E-state index in [1.807, 2.05) is 91.1 Å². The highest BCUT2D eigenvalue weighted by Crippen LogP contribution is 2.41. The minimum atomic E-state index is -1.63. The summed E-state index contributed by atoms with van der Waals surface area (Å²) in [7, 11) is -1.63. The number of rotatable bonds is 26. The Balaban J connectivity index is 0.000000171. The molecule has 7 aromatic heterocycles. The van der Waals surface area contributed by atoms with Gasteiger partial charge in [0.1, 0.15) is 29.1 Å². The molecule has 0 saturated heterocycles. The Morgan fingerprint density at radius 1 is 0.393 bits per heavy atom. The molecule has 32 heteroatoms. The van der Waals surface area contributed by atoms with Crippen molar-refractivity contribution in [1.82, 2.24) is 34.9 Å². The highest BCUT2D eigenvalue weighted by molar-refractivity contribution is 7.16. The van der Waals surface area contributed by atoms with Crippen molar-refractivity contribution >= 4 is 167 Å². The van der Waals surface area contributed by atoms with Gasteiger partial charge in [0.25, 0.3) is 0 Å². The second kappa shape index (κ2) is 43.6. The zero-order chi connectivity index (χ0) is 87.7. The van der Waals surface area contributed by atoms with E-state index in [-0.39, 0.29) is 51.9 Å². The van der Waals surface area contributed by atoms with Crippen LogP contribution in [0.15, 0.2) is 189 Å². The topological polar surface area (TPSA) is 330 Å². The van der Waals surface area contributed by atoms with Gasteiger partial charge in [-0.2, -0.15) is 0 Å². The minimum Gasteiger partial charge on any atom is -0.311 e. The number of hydrogen-bond acceptors (Lipinski definition) is 18. The fraction of sp³-hybridized carbons (Fsp3) is 0.289. The Labute approximate surface area is 731 Å². The molecule has 0 radical (unpaired) electrons. The van der Waals surface area contributed by atoms with Gasteiger partial charge in [-0.25, -0.2) is 58.1 Å². The highest BCUT2D eigenvalue weighted by Gasteiger charge is 2.26. The van der Waals surface area contributed by atoms with Crippen molar-refractivity contribution in [2.24, 2.45) is 0 Å². The fourth-order valence-electron chi connectivity index (χ4n) is 12.0. The standard InChI is InChI=1S/C24H28N4O2S.C22H24ClN3OS.C22H26FN5O2SSi.C22H22FN5O2S/c1-16(29)27-21-13-17(10-11-25-21)8-9-20-15-26-23(31-20)28-22(30)14-18-6-5-7-19(12-18)24(2,3)4;1-22(2,3)16-10-12-18(23)19(13-16)25-20(27)26-21-24-14-17(28-21)11-9-15-7-5-4-6-8-15;1-14(29)26-20-11-15(9-10-24-20)5-6-16-13-25-22(31-16)28-21(30)27-19-12-17(32(2,3)4)7-8-18(19)23;1-13(29)26-20-10-14(8-9-24-20)2-6-17-12-25-22(31-17)28-21(30)27-19-11-16(15-3-4-15)5-7-18(19)23/h5-7,10-13,15H,8-9,14H2,1-4H3,(H,25,27,29)(H,26,28,30);4-8,10,12-14H,9,11H2,1-3H3,(H2,24,25,26,27);7-13H,5-6H2,1-4H3,(H,24,26,29)(H2,25,27,28,30);5,7-12,15H,2-4,6H2,1H3,(H,24,26,29)(H2,25,27,28,30). The summed E-state index contributed by atoms with van der Waals surface area (Å²) in [4.78, 5) is 117. The van der Waals surface area contributed by atoms with Crippen LogP contribution in [0.3, 0.4) is 0 Å². The van der Waals surface area contributed by atoms with Gasteiger partial charge in [0, 0.05) is 83.7 Å². The quantitative estimate of drug-likeness (QED) is 0.0225. The number of anilines is 10. The van der Waals surface area contributed by atoms with Gasteiger partial charge in [-0.15, -0.1) is 45.3 Å². The molecule has 10 amide bonds. The summed E-state index contributed by atoms with van der Waals surface area (Å²) in [5.41, 5.74) is 9.73. The lowest BCUT2D eigenvalue weighted by atomic mass is 9.86. The lowest BCUT2D eigenvalue weighted by molar-refractivity contribution is -0.116. The molecule has 13 rings (SSSR count). The van der Waals surface area contributed by atoms with E-state index in [4.69, 9.17) is 11.6 Å². The van der Waals surface area contributed by atoms with Crippen LogP contribution in [0.4, 0.5) is 78.2 Å².